The Morgan fingerprint density at radius 2 is 1.56 bits per heavy atom. The van der Waals surface area contributed by atoms with Crippen LogP contribution >= 0.6 is 12.6 Å². The lowest BCUT2D eigenvalue weighted by Gasteiger charge is -1.92. The monoisotopic (exact) mass is 240 g/mol. The molecule has 0 aliphatic carbocycles. The predicted molar refractivity (Wildman–Crippen MR) is 71.4 cm³/mol. The maximum absolute atomic E-state index is 11.1. The second kappa shape index (κ2) is 7.76. The third-order valence-electron chi connectivity index (χ3n) is 1.65. The Morgan fingerprint density at radius 1 is 1.00 bits per heavy atom. The van der Waals surface area contributed by atoms with Crippen molar-refractivity contribution in [2.45, 2.75) is 13.8 Å². The molecule has 0 fully saturated rings. The molecule has 1 aromatic heterocycles. The van der Waals surface area contributed by atoms with Crippen LogP contribution in [-0.4, -0.2) is 16.2 Å². The van der Waals surface area contributed by atoms with E-state index in [0.717, 1.165) is 0 Å². The van der Waals surface area contributed by atoms with Crippen molar-refractivity contribution in [3.8, 4) is 0 Å². The molecule has 2 rings (SSSR count). The zero-order valence-electron chi connectivity index (χ0n) is 9.57. The Balaban J connectivity index is 0.000000509. The number of fused-ring (bicyclic) bond motifs is 1. The first-order valence-electron chi connectivity index (χ1n) is 4.93. The number of para-hydroxylation sites is 1. The number of nitrogens with one attached hydrogen (secondary N) is 2. The second-order valence-electron chi connectivity index (χ2n) is 2.45. The highest BCUT2D eigenvalue weighted by atomic mass is 32.1. The van der Waals surface area contributed by atoms with E-state index in [1.807, 2.05) is 13.8 Å². The standard InChI is InChI=1S/C8H6N2O2.C2H6.CH4S/c11-7-5-3-1-2-4-6(5)9-8(12)10-7;2*1-2/h1-4H,(H2,9,10,11,12);1-2H3;2H,1H3. The lowest BCUT2D eigenvalue weighted by molar-refractivity contribution is 1.08. The molecule has 2 aromatic rings. The van der Waals surface area contributed by atoms with Crippen molar-refractivity contribution >= 4 is 23.5 Å². The molecule has 5 heteroatoms. The molecule has 88 valence electrons. The lowest BCUT2D eigenvalue weighted by Crippen LogP contribution is -2.21. The third kappa shape index (κ3) is 3.58. The molecule has 4 nitrogen and oxygen atoms in total. The number of aromatic nitrogens is 2. The topological polar surface area (TPSA) is 65.7 Å². The van der Waals surface area contributed by atoms with E-state index in [0.29, 0.717) is 10.9 Å². The molecule has 16 heavy (non-hydrogen) atoms. The van der Waals surface area contributed by atoms with Crippen molar-refractivity contribution in [1.29, 1.82) is 0 Å². The number of hydrogen-bond donors (Lipinski definition) is 3. The summed E-state index contributed by atoms with van der Waals surface area (Å²) in [5.74, 6) is 0. The van der Waals surface area contributed by atoms with Crippen molar-refractivity contribution in [2.75, 3.05) is 6.26 Å². The molecule has 2 N–H and O–H groups in total. The molecule has 0 saturated heterocycles. The summed E-state index contributed by atoms with van der Waals surface area (Å²) in [5.41, 5.74) is -0.265. The van der Waals surface area contributed by atoms with Gasteiger partial charge in [-0.25, -0.2) is 4.79 Å². The molecule has 0 bridgehead atoms. The Hall–Kier alpha value is -1.49. The largest absolute Gasteiger partial charge is 0.326 e. The number of thiol groups is 1. The van der Waals surface area contributed by atoms with Gasteiger partial charge in [0.1, 0.15) is 0 Å². The highest BCUT2D eigenvalue weighted by Crippen LogP contribution is 2.01. The van der Waals surface area contributed by atoms with Crippen LogP contribution in [-0.2, 0) is 0 Å². The Labute approximate surface area is 99.1 Å². The summed E-state index contributed by atoms with van der Waals surface area (Å²) in [7, 11) is 0. The van der Waals surface area contributed by atoms with Crippen LogP contribution < -0.4 is 11.2 Å². The molecule has 0 spiro atoms. The molecule has 0 saturated carbocycles. The Morgan fingerprint density at radius 3 is 2.19 bits per heavy atom. The van der Waals surface area contributed by atoms with Gasteiger partial charge in [-0.3, -0.25) is 9.78 Å². The van der Waals surface area contributed by atoms with Gasteiger partial charge in [0.15, 0.2) is 0 Å². The van der Waals surface area contributed by atoms with Gasteiger partial charge in [0.2, 0.25) is 0 Å². The average Bonchev–Trinajstić information content (AvgIpc) is 2.34. The van der Waals surface area contributed by atoms with Gasteiger partial charge in [-0.15, -0.1) is 0 Å². The zero-order valence-corrected chi connectivity index (χ0v) is 10.5. The van der Waals surface area contributed by atoms with Crippen molar-refractivity contribution < 1.29 is 0 Å². The zero-order chi connectivity index (χ0) is 12.6. The van der Waals surface area contributed by atoms with Crippen LogP contribution in [0.5, 0.6) is 0 Å². The van der Waals surface area contributed by atoms with E-state index in [2.05, 4.69) is 22.6 Å². The normalized spacial score (nSPS) is 8.50. The van der Waals surface area contributed by atoms with E-state index in [1.165, 1.54) is 0 Å². The van der Waals surface area contributed by atoms with Gasteiger partial charge in [0.05, 0.1) is 10.9 Å². The smallest absolute Gasteiger partial charge is 0.307 e. The van der Waals surface area contributed by atoms with Gasteiger partial charge in [0.25, 0.3) is 5.56 Å². The maximum atomic E-state index is 11.1. The highest BCUT2D eigenvalue weighted by Gasteiger charge is 1.96. The summed E-state index contributed by atoms with van der Waals surface area (Å²) in [6.07, 6.45) is 1.69. The van der Waals surface area contributed by atoms with E-state index < -0.39 is 5.69 Å². The minimum atomic E-state index is -0.473. The van der Waals surface area contributed by atoms with Crippen LogP contribution in [0.15, 0.2) is 33.9 Å². The minimum absolute atomic E-state index is 0.352. The fourth-order valence-corrected chi connectivity index (χ4v) is 1.11. The van der Waals surface area contributed by atoms with Crippen LogP contribution in [0.4, 0.5) is 0 Å². The summed E-state index contributed by atoms with van der Waals surface area (Å²) in [6, 6.07) is 6.85. The van der Waals surface area contributed by atoms with Crippen LogP contribution in [0.1, 0.15) is 13.8 Å². The first-order valence-corrected chi connectivity index (χ1v) is 5.83. The predicted octanol–water partition coefficient (Wildman–Crippen LogP) is 1.79. The quantitative estimate of drug-likeness (QED) is 0.615. The molecule has 0 aliphatic heterocycles. The van der Waals surface area contributed by atoms with Crippen molar-refractivity contribution in [3.05, 3.63) is 45.1 Å². The first-order chi connectivity index (χ1) is 7.77. The van der Waals surface area contributed by atoms with Gasteiger partial charge in [-0.1, -0.05) is 26.0 Å². The summed E-state index contributed by atoms with van der Waals surface area (Å²) in [4.78, 5) is 26.6. The number of benzene rings is 1. The van der Waals surface area contributed by atoms with Crippen LogP contribution in [0.25, 0.3) is 10.9 Å². The van der Waals surface area contributed by atoms with E-state index in [1.54, 1.807) is 30.5 Å². The van der Waals surface area contributed by atoms with Gasteiger partial charge in [-0.2, -0.15) is 12.6 Å². The molecule has 1 aromatic carbocycles. The summed E-state index contributed by atoms with van der Waals surface area (Å²) >= 11 is 3.53. The van der Waals surface area contributed by atoms with Crippen molar-refractivity contribution in [3.63, 3.8) is 0 Å². The third-order valence-corrected chi connectivity index (χ3v) is 1.65. The van der Waals surface area contributed by atoms with E-state index in [-0.39, 0.29) is 5.56 Å². The fourth-order valence-electron chi connectivity index (χ4n) is 1.11. The highest BCUT2D eigenvalue weighted by molar-refractivity contribution is 7.79. The van der Waals surface area contributed by atoms with E-state index in [4.69, 9.17) is 0 Å². The SMILES string of the molecule is CC.CS.O=c1[nH]c(=O)c2ccccc2[nH]1. The summed E-state index contributed by atoms with van der Waals surface area (Å²) in [6.45, 7) is 4.00. The molecular formula is C11H16N2O2S. The van der Waals surface area contributed by atoms with Crippen molar-refractivity contribution in [1.82, 2.24) is 9.97 Å². The Kier molecular flexibility index (Phi) is 7.03. The summed E-state index contributed by atoms with van der Waals surface area (Å²) < 4.78 is 0. The second-order valence-corrected chi connectivity index (χ2v) is 2.45. The summed E-state index contributed by atoms with van der Waals surface area (Å²) in [5, 5.41) is 0.497. The van der Waals surface area contributed by atoms with Crippen LogP contribution in [0.2, 0.25) is 0 Å². The molecule has 0 amide bonds. The van der Waals surface area contributed by atoms with Crippen molar-refractivity contribution in [2.24, 2.45) is 0 Å². The fraction of sp³-hybridized carbons (Fsp3) is 0.273. The van der Waals surface area contributed by atoms with Crippen LogP contribution in [0.3, 0.4) is 0 Å². The molecule has 0 aliphatic rings. The number of hydrogen-bond acceptors (Lipinski definition) is 3. The molecule has 1 heterocycles. The van der Waals surface area contributed by atoms with Gasteiger partial charge < -0.3 is 4.98 Å². The first kappa shape index (κ1) is 14.5. The average molecular weight is 240 g/mol. The number of H-pyrrole nitrogens is 2. The Bertz CT molecular complexity index is 531. The number of aromatic amines is 2. The minimum Gasteiger partial charge on any atom is -0.307 e. The molecule has 0 radical (unpaired) electrons. The molecule has 0 atom stereocenters. The van der Waals surface area contributed by atoms with Gasteiger partial charge >= 0.3 is 5.69 Å². The van der Waals surface area contributed by atoms with Gasteiger partial charge in [0, 0.05) is 0 Å². The molecular weight excluding hydrogens is 224 g/mol. The maximum Gasteiger partial charge on any atom is 0.326 e. The van der Waals surface area contributed by atoms with Gasteiger partial charge in [-0.05, 0) is 18.4 Å². The number of rotatable bonds is 0. The molecule has 0 unspecified atom stereocenters. The van der Waals surface area contributed by atoms with E-state index in [9.17, 15) is 9.59 Å². The van der Waals surface area contributed by atoms with E-state index >= 15 is 0 Å². The lowest BCUT2D eigenvalue weighted by atomic mass is 10.2. The van der Waals surface area contributed by atoms with Crippen LogP contribution in [0, 0.1) is 0 Å².